The maximum absolute atomic E-state index is 12.5. The summed E-state index contributed by atoms with van der Waals surface area (Å²) in [4.78, 5) is 12.5. The van der Waals surface area contributed by atoms with Gasteiger partial charge >= 0.3 is 0 Å². The Morgan fingerprint density at radius 3 is 2.40 bits per heavy atom. The maximum Gasteiger partial charge on any atom is 0.294 e. The molecule has 0 radical (unpaired) electrons. The molecule has 1 saturated carbocycles. The lowest BCUT2D eigenvalue weighted by Crippen LogP contribution is -2.26. The van der Waals surface area contributed by atoms with Gasteiger partial charge in [0.2, 0.25) is 0 Å². The molecular formula is C16H21N3O. The minimum Gasteiger partial charge on any atom is -0.393 e. The molecule has 0 spiro atoms. The van der Waals surface area contributed by atoms with Crippen LogP contribution < -0.4 is 11.3 Å². The normalized spacial score (nSPS) is 16.4. The molecule has 20 heavy (non-hydrogen) atoms. The van der Waals surface area contributed by atoms with Crippen molar-refractivity contribution in [2.75, 3.05) is 5.73 Å². The molecule has 0 unspecified atom stereocenters. The number of nitrogens with two attached hydrogens (primary N) is 1. The van der Waals surface area contributed by atoms with Crippen LogP contribution in [0.3, 0.4) is 0 Å². The molecule has 0 aliphatic heterocycles. The predicted octanol–water partition coefficient (Wildman–Crippen LogP) is 3.03. The fourth-order valence-corrected chi connectivity index (χ4v) is 3.21. The van der Waals surface area contributed by atoms with Gasteiger partial charge in [0, 0.05) is 0 Å². The second-order valence-corrected chi connectivity index (χ2v) is 5.59. The molecule has 0 amide bonds. The van der Waals surface area contributed by atoms with Crippen LogP contribution in [0.25, 0.3) is 5.69 Å². The van der Waals surface area contributed by atoms with Gasteiger partial charge in [-0.15, -0.1) is 0 Å². The Bertz CT molecular complexity index is 648. The monoisotopic (exact) mass is 271 g/mol. The van der Waals surface area contributed by atoms with E-state index < -0.39 is 0 Å². The zero-order valence-corrected chi connectivity index (χ0v) is 11.9. The Kier molecular flexibility index (Phi) is 3.38. The van der Waals surface area contributed by atoms with Crippen LogP contribution in [0.5, 0.6) is 0 Å². The zero-order chi connectivity index (χ0) is 14.1. The molecule has 0 saturated heterocycles. The fraction of sp³-hybridized carbons (Fsp3) is 0.438. The Balaban J connectivity index is 2.18. The smallest absolute Gasteiger partial charge is 0.294 e. The SMILES string of the molecule is Cc1c(N)c(=O)n(-c2ccccc2)n1C1CCCCC1. The molecule has 4 heteroatoms. The van der Waals surface area contributed by atoms with Crippen LogP contribution in [0.15, 0.2) is 35.1 Å². The van der Waals surface area contributed by atoms with E-state index in [9.17, 15) is 4.79 Å². The molecule has 1 aliphatic carbocycles. The van der Waals surface area contributed by atoms with Crippen molar-refractivity contribution >= 4 is 5.69 Å². The third kappa shape index (κ3) is 2.05. The predicted molar refractivity (Wildman–Crippen MR) is 81.3 cm³/mol. The zero-order valence-electron chi connectivity index (χ0n) is 11.9. The molecule has 1 fully saturated rings. The first-order valence-electron chi connectivity index (χ1n) is 7.35. The molecule has 1 aliphatic rings. The van der Waals surface area contributed by atoms with Gasteiger partial charge in [0.1, 0.15) is 5.69 Å². The Labute approximate surface area is 118 Å². The molecule has 0 atom stereocenters. The van der Waals surface area contributed by atoms with Crippen molar-refractivity contribution in [3.8, 4) is 5.69 Å². The first-order valence-corrected chi connectivity index (χ1v) is 7.35. The second kappa shape index (κ2) is 5.19. The number of benzene rings is 1. The first kappa shape index (κ1) is 13.0. The maximum atomic E-state index is 12.5. The van der Waals surface area contributed by atoms with Crippen LogP contribution in [0.2, 0.25) is 0 Å². The van der Waals surface area contributed by atoms with Gasteiger partial charge in [0.05, 0.1) is 17.4 Å². The van der Waals surface area contributed by atoms with Crippen LogP contribution in [0.4, 0.5) is 5.69 Å². The van der Waals surface area contributed by atoms with Crippen LogP contribution in [0, 0.1) is 6.92 Å². The first-order chi connectivity index (χ1) is 9.70. The van der Waals surface area contributed by atoms with Gasteiger partial charge in [-0.2, -0.15) is 0 Å². The van der Waals surface area contributed by atoms with Crippen LogP contribution in [-0.4, -0.2) is 9.36 Å². The summed E-state index contributed by atoms with van der Waals surface area (Å²) >= 11 is 0. The van der Waals surface area contributed by atoms with Crippen LogP contribution in [-0.2, 0) is 0 Å². The fourth-order valence-electron chi connectivity index (χ4n) is 3.21. The molecule has 1 heterocycles. The third-order valence-corrected chi connectivity index (χ3v) is 4.29. The topological polar surface area (TPSA) is 53.0 Å². The van der Waals surface area contributed by atoms with E-state index in [0.717, 1.165) is 24.2 Å². The lowest BCUT2D eigenvalue weighted by atomic mass is 9.95. The van der Waals surface area contributed by atoms with Gasteiger partial charge in [-0.25, -0.2) is 4.68 Å². The number of aromatic nitrogens is 2. The lowest BCUT2D eigenvalue weighted by molar-refractivity contribution is 0.306. The number of nitrogens with zero attached hydrogens (tertiary/aromatic N) is 2. The molecule has 2 N–H and O–H groups in total. The summed E-state index contributed by atoms with van der Waals surface area (Å²) in [6, 6.07) is 10.2. The highest BCUT2D eigenvalue weighted by atomic mass is 16.1. The summed E-state index contributed by atoms with van der Waals surface area (Å²) in [5.74, 6) is 0. The highest BCUT2D eigenvalue weighted by Gasteiger charge is 2.23. The highest BCUT2D eigenvalue weighted by Crippen LogP contribution is 2.30. The van der Waals surface area contributed by atoms with Crippen molar-refractivity contribution in [1.82, 2.24) is 9.36 Å². The van der Waals surface area contributed by atoms with Gasteiger partial charge in [0.15, 0.2) is 0 Å². The van der Waals surface area contributed by atoms with Crippen molar-refractivity contribution in [2.45, 2.75) is 45.1 Å². The average molecular weight is 271 g/mol. The Hall–Kier alpha value is -1.97. The van der Waals surface area contributed by atoms with Crippen LogP contribution in [0.1, 0.15) is 43.8 Å². The second-order valence-electron chi connectivity index (χ2n) is 5.59. The number of nitrogen functional groups attached to an aromatic ring is 1. The van der Waals surface area contributed by atoms with Crippen molar-refractivity contribution < 1.29 is 0 Å². The standard InChI is InChI=1S/C16H21N3O/c1-12-15(17)16(20)19(14-10-6-3-7-11-14)18(12)13-8-4-2-5-9-13/h3,6-7,10-11,13H,2,4-5,8-9,17H2,1H3. The third-order valence-electron chi connectivity index (χ3n) is 4.29. The highest BCUT2D eigenvalue weighted by molar-refractivity contribution is 5.45. The Morgan fingerprint density at radius 1 is 1.10 bits per heavy atom. The molecule has 1 aromatic carbocycles. The van der Waals surface area contributed by atoms with E-state index >= 15 is 0 Å². The van der Waals surface area contributed by atoms with Gasteiger partial charge in [-0.05, 0) is 31.9 Å². The van der Waals surface area contributed by atoms with Crippen molar-refractivity contribution in [3.05, 3.63) is 46.4 Å². The van der Waals surface area contributed by atoms with Crippen LogP contribution >= 0.6 is 0 Å². The van der Waals surface area contributed by atoms with E-state index in [1.54, 1.807) is 4.68 Å². The summed E-state index contributed by atoms with van der Waals surface area (Å²) in [6.45, 7) is 1.95. The summed E-state index contributed by atoms with van der Waals surface area (Å²) in [7, 11) is 0. The number of hydrogen-bond donors (Lipinski definition) is 1. The minimum atomic E-state index is -0.0979. The summed E-state index contributed by atoms with van der Waals surface area (Å²) < 4.78 is 3.87. The summed E-state index contributed by atoms with van der Waals surface area (Å²) in [5, 5.41) is 0. The molecule has 0 bridgehead atoms. The van der Waals surface area contributed by atoms with E-state index in [1.807, 2.05) is 37.3 Å². The molecule has 3 rings (SSSR count). The van der Waals surface area contributed by atoms with Crippen molar-refractivity contribution in [1.29, 1.82) is 0 Å². The van der Waals surface area contributed by atoms with Gasteiger partial charge in [-0.1, -0.05) is 37.5 Å². The van der Waals surface area contributed by atoms with E-state index in [4.69, 9.17) is 5.73 Å². The van der Waals surface area contributed by atoms with E-state index in [-0.39, 0.29) is 5.56 Å². The summed E-state index contributed by atoms with van der Waals surface area (Å²) in [6.07, 6.45) is 6.00. The number of rotatable bonds is 2. The quantitative estimate of drug-likeness (QED) is 0.912. The van der Waals surface area contributed by atoms with Gasteiger partial charge in [0.25, 0.3) is 5.56 Å². The molecule has 4 nitrogen and oxygen atoms in total. The van der Waals surface area contributed by atoms with Crippen molar-refractivity contribution in [3.63, 3.8) is 0 Å². The molecule has 106 valence electrons. The number of anilines is 1. The lowest BCUT2D eigenvalue weighted by Gasteiger charge is -2.27. The molecule has 2 aromatic rings. The average Bonchev–Trinajstić information content (AvgIpc) is 2.73. The van der Waals surface area contributed by atoms with E-state index in [1.165, 1.54) is 19.3 Å². The molecular weight excluding hydrogens is 250 g/mol. The minimum absolute atomic E-state index is 0.0979. The number of para-hydroxylation sites is 1. The largest absolute Gasteiger partial charge is 0.393 e. The van der Waals surface area contributed by atoms with Gasteiger partial charge in [-0.3, -0.25) is 9.48 Å². The Morgan fingerprint density at radius 2 is 1.75 bits per heavy atom. The van der Waals surface area contributed by atoms with E-state index in [2.05, 4.69) is 4.68 Å². The summed E-state index contributed by atoms with van der Waals surface area (Å²) in [5.41, 5.74) is 8.06. The molecule has 1 aromatic heterocycles. The van der Waals surface area contributed by atoms with Gasteiger partial charge < -0.3 is 5.73 Å². The number of hydrogen-bond acceptors (Lipinski definition) is 2. The van der Waals surface area contributed by atoms with Crippen molar-refractivity contribution in [2.24, 2.45) is 0 Å². The van der Waals surface area contributed by atoms with E-state index in [0.29, 0.717) is 11.7 Å².